The number of nitrogens with one attached hydrogen (secondary N) is 1. The largest absolute Gasteiger partial charge is 0.496 e. The molecule has 0 heterocycles. The van der Waals surface area contributed by atoms with Crippen molar-refractivity contribution in [3.05, 3.63) is 52.0 Å². The molecule has 0 fully saturated rings. The lowest BCUT2D eigenvalue weighted by atomic mass is 10.1. The second-order valence-electron chi connectivity index (χ2n) is 8.77. The molecule has 2 amide bonds. The summed E-state index contributed by atoms with van der Waals surface area (Å²) in [6.45, 7) is 7.41. The fraction of sp³-hybridized carbons (Fsp3) is 0.440. The number of hydrogen-bond donors (Lipinski definition) is 1. The topological polar surface area (TPSA) is 77.1 Å². The molecular weight excluding hydrogens is 479 g/mol. The van der Waals surface area contributed by atoms with E-state index in [-0.39, 0.29) is 25.0 Å². The lowest BCUT2D eigenvalue weighted by molar-refractivity contribution is -0.143. The summed E-state index contributed by atoms with van der Waals surface area (Å²) in [6.07, 6.45) is 0.419. The highest BCUT2D eigenvalue weighted by Gasteiger charge is 2.31. The average molecular weight is 511 g/mol. The first-order chi connectivity index (χ1) is 16.0. The lowest BCUT2D eigenvalue weighted by Gasteiger charge is -2.33. The van der Waals surface area contributed by atoms with Gasteiger partial charge in [-0.2, -0.15) is 0 Å². The van der Waals surface area contributed by atoms with E-state index in [4.69, 9.17) is 37.4 Å². The van der Waals surface area contributed by atoms with Gasteiger partial charge in [-0.1, -0.05) is 36.2 Å². The second-order valence-corrected chi connectivity index (χ2v) is 9.58. The fourth-order valence-electron chi connectivity index (χ4n) is 3.30. The van der Waals surface area contributed by atoms with Gasteiger partial charge < -0.3 is 24.4 Å². The summed E-state index contributed by atoms with van der Waals surface area (Å²) in [5, 5.41) is 3.75. The number of nitrogens with zero attached hydrogens (tertiary/aromatic N) is 1. The van der Waals surface area contributed by atoms with Gasteiger partial charge in [0.1, 0.15) is 23.3 Å². The van der Waals surface area contributed by atoms with Crippen molar-refractivity contribution in [2.45, 2.75) is 52.2 Å². The monoisotopic (exact) mass is 510 g/mol. The molecule has 0 spiro atoms. The van der Waals surface area contributed by atoms with Crippen LogP contribution in [-0.2, 0) is 16.1 Å². The van der Waals surface area contributed by atoms with Gasteiger partial charge in [-0.15, -0.1) is 0 Å². The fourth-order valence-corrected chi connectivity index (χ4v) is 3.62. The van der Waals surface area contributed by atoms with Crippen molar-refractivity contribution in [3.8, 4) is 17.2 Å². The zero-order chi connectivity index (χ0) is 25.5. The van der Waals surface area contributed by atoms with Crippen molar-refractivity contribution >= 4 is 35.0 Å². The Morgan fingerprint density at radius 1 is 0.971 bits per heavy atom. The van der Waals surface area contributed by atoms with Gasteiger partial charge in [-0.3, -0.25) is 9.59 Å². The first-order valence-electron chi connectivity index (χ1n) is 10.9. The van der Waals surface area contributed by atoms with Crippen LogP contribution in [-0.4, -0.2) is 49.1 Å². The van der Waals surface area contributed by atoms with Crippen LogP contribution in [0.3, 0.4) is 0 Å². The molecule has 9 heteroatoms. The molecule has 2 rings (SSSR count). The third-order valence-corrected chi connectivity index (χ3v) is 5.65. The molecule has 7 nitrogen and oxygen atoms in total. The van der Waals surface area contributed by atoms with Crippen LogP contribution < -0.4 is 19.5 Å². The first kappa shape index (κ1) is 27.6. The number of ether oxygens (including phenoxy) is 3. The highest BCUT2D eigenvalue weighted by Crippen LogP contribution is 2.28. The molecule has 1 atom stereocenters. The normalized spacial score (nSPS) is 12.0. The number of benzene rings is 2. The second kappa shape index (κ2) is 12.2. The Morgan fingerprint density at radius 2 is 1.56 bits per heavy atom. The van der Waals surface area contributed by atoms with Crippen molar-refractivity contribution in [1.29, 1.82) is 0 Å². The molecule has 0 saturated carbocycles. The number of halogens is 2. The van der Waals surface area contributed by atoms with Crippen LogP contribution in [0.2, 0.25) is 10.0 Å². The van der Waals surface area contributed by atoms with Gasteiger partial charge in [0, 0.05) is 30.3 Å². The maximum absolute atomic E-state index is 13.4. The Bertz CT molecular complexity index is 985. The summed E-state index contributed by atoms with van der Waals surface area (Å²) >= 11 is 12.2. The van der Waals surface area contributed by atoms with Crippen molar-refractivity contribution in [3.63, 3.8) is 0 Å². The van der Waals surface area contributed by atoms with Crippen LogP contribution in [0.15, 0.2) is 36.4 Å². The standard InChI is InChI=1S/C25H32Cl2N2O5/c1-7-22(24(31)28-25(2,3)4)29(14-16-8-9-20(26)21(27)10-16)23(30)15-34-19-12-17(32-5)11-18(13-19)33-6/h8-13,22H,7,14-15H2,1-6H3,(H,28,31). The Labute approximate surface area is 211 Å². The molecule has 0 aliphatic heterocycles. The zero-order valence-electron chi connectivity index (χ0n) is 20.4. The maximum Gasteiger partial charge on any atom is 0.261 e. The lowest BCUT2D eigenvalue weighted by Crippen LogP contribution is -2.54. The van der Waals surface area contributed by atoms with Crippen LogP contribution in [0.4, 0.5) is 0 Å². The maximum atomic E-state index is 13.4. The predicted octanol–water partition coefficient (Wildman–Crippen LogP) is 5.11. The summed E-state index contributed by atoms with van der Waals surface area (Å²) in [7, 11) is 3.06. The number of carbonyl (C=O) groups excluding carboxylic acids is 2. The van der Waals surface area contributed by atoms with E-state index in [1.54, 1.807) is 36.4 Å². The first-order valence-corrected chi connectivity index (χ1v) is 11.6. The number of amides is 2. The van der Waals surface area contributed by atoms with Gasteiger partial charge in [-0.25, -0.2) is 0 Å². The van der Waals surface area contributed by atoms with Crippen molar-refractivity contribution in [2.24, 2.45) is 0 Å². The molecule has 0 radical (unpaired) electrons. The van der Waals surface area contributed by atoms with Crippen LogP contribution >= 0.6 is 23.2 Å². The van der Waals surface area contributed by atoms with E-state index in [0.717, 1.165) is 5.56 Å². The molecule has 0 saturated heterocycles. The Balaban J connectivity index is 2.30. The van der Waals surface area contributed by atoms with E-state index >= 15 is 0 Å². The third kappa shape index (κ3) is 7.99. The molecule has 2 aromatic carbocycles. The van der Waals surface area contributed by atoms with Gasteiger partial charge in [0.2, 0.25) is 5.91 Å². The number of hydrogen-bond acceptors (Lipinski definition) is 5. The zero-order valence-corrected chi connectivity index (χ0v) is 21.9. The molecule has 0 aliphatic carbocycles. The van der Waals surface area contributed by atoms with Gasteiger partial charge in [0.15, 0.2) is 6.61 Å². The summed E-state index contributed by atoms with van der Waals surface area (Å²) in [6, 6.07) is 9.44. The van der Waals surface area contributed by atoms with Gasteiger partial charge in [0.25, 0.3) is 5.91 Å². The van der Waals surface area contributed by atoms with E-state index in [1.807, 2.05) is 27.7 Å². The summed E-state index contributed by atoms with van der Waals surface area (Å²) < 4.78 is 16.3. The highest BCUT2D eigenvalue weighted by atomic mass is 35.5. The van der Waals surface area contributed by atoms with Crippen molar-refractivity contribution in [1.82, 2.24) is 10.2 Å². The predicted molar refractivity (Wildman–Crippen MR) is 134 cm³/mol. The molecule has 0 bridgehead atoms. The Morgan fingerprint density at radius 3 is 2.06 bits per heavy atom. The van der Waals surface area contributed by atoms with Gasteiger partial charge in [-0.05, 0) is 44.9 Å². The summed E-state index contributed by atoms with van der Waals surface area (Å²) in [5.74, 6) is 0.873. The van der Waals surface area contributed by atoms with Crippen molar-refractivity contribution < 1.29 is 23.8 Å². The number of methoxy groups -OCH3 is 2. The van der Waals surface area contributed by atoms with E-state index in [9.17, 15) is 9.59 Å². The third-order valence-electron chi connectivity index (χ3n) is 4.91. The van der Waals surface area contributed by atoms with Crippen molar-refractivity contribution in [2.75, 3.05) is 20.8 Å². The average Bonchev–Trinajstić information content (AvgIpc) is 2.78. The van der Waals surface area contributed by atoms with Crippen LogP contribution in [0.25, 0.3) is 0 Å². The highest BCUT2D eigenvalue weighted by molar-refractivity contribution is 6.42. The van der Waals surface area contributed by atoms with Gasteiger partial charge in [0.05, 0.1) is 24.3 Å². The van der Waals surface area contributed by atoms with E-state index in [0.29, 0.717) is 33.7 Å². The van der Waals surface area contributed by atoms with E-state index in [2.05, 4.69) is 5.32 Å². The van der Waals surface area contributed by atoms with Crippen LogP contribution in [0.5, 0.6) is 17.2 Å². The molecule has 0 aliphatic rings. The molecule has 1 unspecified atom stereocenters. The number of carbonyl (C=O) groups is 2. The van der Waals surface area contributed by atoms with Gasteiger partial charge >= 0.3 is 0 Å². The Kier molecular flexibility index (Phi) is 9.89. The molecule has 186 valence electrons. The molecule has 2 aromatic rings. The van der Waals surface area contributed by atoms with Crippen LogP contribution in [0, 0.1) is 0 Å². The Hall–Kier alpha value is -2.64. The SMILES string of the molecule is CCC(C(=O)NC(C)(C)C)N(Cc1ccc(Cl)c(Cl)c1)C(=O)COc1cc(OC)cc(OC)c1. The van der Waals surface area contributed by atoms with E-state index < -0.39 is 11.6 Å². The summed E-state index contributed by atoms with van der Waals surface area (Å²) in [4.78, 5) is 27.9. The number of rotatable bonds is 10. The molecule has 0 aromatic heterocycles. The minimum atomic E-state index is -0.704. The molecular formula is C25H32Cl2N2O5. The molecule has 1 N–H and O–H groups in total. The quantitative estimate of drug-likeness (QED) is 0.480. The smallest absolute Gasteiger partial charge is 0.261 e. The van der Waals surface area contributed by atoms with Crippen LogP contribution in [0.1, 0.15) is 39.7 Å². The summed E-state index contributed by atoms with van der Waals surface area (Å²) in [5.41, 5.74) is 0.295. The molecule has 34 heavy (non-hydrogen) atoms. The van der Waals surface area contributed by atoms with E-state index in [1.165, 1.54) is 19.1 Å². The minimum Gasteiger partial charge on any atom is -0.496 e. The minimum absolute atomic E-state index is 0.163.